The number of benzene rings is 1. The summed E-state index contributed by atoms with van der Waals surface area (Å²) in [4.78, 5) is 26.2. The largest absolute Gasteiger partial charge is 0.491 e. The third-order valence-electron chi connectivity index (χ3n) is 3.81. The molecule has 0 aliphatic carbocycles. The second kappa shape index (κ2) is 7.12. The van der Waals surface area contributed by atoms with Crippen molar-refractivity contribution in [3.8, 4) is 5.75 Å². The zero-order valence-electron chi connectivity index (χ0n) is 13.8. The smallest absolute Gasteiger partial charge is 0.257 e. The number of nitrogens with one attached hydrogen (secondary N) is 1. The molecule has 24 heavy (non-hydrogen) atoms. The highest BCUT2D eigenvalue weighted by molar-refractivity contribution is 5.98. The van der Waals surface area contributed by atoms with E-state index in [9.17, 15) is 18.4 Å². The van der Waals surface area contributed by atoms with Crippen molar-refractivity contribution in [3.63, 3.8) is 0 Å². The van der Waals surface area contributed by atoms with Gasteiger partial charge in [-0.3, -0.25) is 9.59 Å². The van der Waals surface area contributed by atoms with Gasteiger partial charge in [0.1, 0.15) is 6.04 Å². The first kappa shape index (κ1) is 18.1. The topological polar surface area (TPSA) is 84.7 Å². The van der Waals surface area contributed by atoms with Crippen LogP contribution in [0.4, 0.5) is 8.78 Å². The number of methoxy groups -OCH3 is 1. The van der Waals surface area contributed by atoms with Crippen LogP contribution in [0.15, 0.2) is 12.1 Å². The van der Waals surface area contributed by atoms with Gasteiger partial charge in [-0.2, -0.15) is 0 Å². The Kier molecular flexibility index (Phi) is 5.38. The fourth-order valence-corrected chi connectivity index (χ4v) is 2.76. The van der Waals surface area contributed by atoms with Gasteiger partial charge in [0.05, 0.1) is 12.7 Å². The highest BCUT2D eigenvalue weighted by Gasteiger charge is 2.39. The number of amides is 2. The van der Waals surface area contributed by atoms with E-state index in [1.165, 1.54) is 4.90 Å². The SMILES string of the molecule is COc1c(F)ccc(C(=O)N2C[C@@H](N)C[C@H]2C(=O)NC(C)C)c1F. The van der Waals surface area contributed by atoms with Crippen molar-refractivity contribution < 1.29 is 23.1 Å². The summed E-state index contributed by atoms with van der Waals surface area (Å²) in [5.41, 5.74) is 5.51. The molecule has 8 heteroatoms. The predicted molar refractivity (Wildman–Crippen MR) is 83.6 cm³/mol. The molecule has 1 aliphatic rings. The van der Waals surface area contributed by atoms with Gasteiger partial charge in [0.25, 0.3) is 5.91 Å². The zero-order valence-corrected chi connectivity index (χ0v) is 13.8. The molecule has 0 radical (unpaired) electrons. The van der Waals surface area contributed by atoms with E-state index in [4.69, 9.17) is 5.73 Å². The summed E-state index contributed by atoms with van der Waals surface area (Å²) in [6.07, 6.45) is 0.282. The first-order chi connectivity index (χ1) is 11.3. The second-order valence-electron chi connectivity index (χ2n) is 6.07. The van der Waals surface area contributed by atoms with E-state index < -0.39 is 29.3 Å². The van der Waals surface area contributed by atoms with Gasteiger partial charge < -0.3 is 20.7 Å². The minimum Gasteiger partial charge on any atom is -0.491 e. The quantitative estimate of drug-likeness (QED) is 0.857. The second-order valence-corrected chi connectivity index (χ2v) is 6.07. The fraction of sp³-hybridized carbons (Fsp3) is 0.500. The Balaban J connectivity index is 2.32. The molecule has 1 aromatic rings. The van der Waals surface area contributed by atoms with Gasteiger partial charge in [-0.05, 0) is 32.4 Å². The van der Waals surface area contributed by atoms with Crippen molar-refractivity contribution in [1.29, 1.82) is 0 Å². The first-order valence-electron chi connectivity index (χ1n) is 7.65. The molecule has 3 N–H and O–H groups in total. The average Bonchev–Trinajstić information content (AvgIpc) is 2.88. The Morgan fingerprint density at radius 3 is 2.62 bits per heavy atom. The van der Waals surface area contributed by atoms with Crippen LogP contribution in [-0.2, 0) is 4.79 Å². The van der Waals surface area contributed by atoms with Gasteiger partial charge in [-0.25, -0.2) is 8.78 Å². The molecule has 1 aromatic carbocycles. The lowest BCUT2D eigenvalue weighted by molar-refractivity contribution is -0.125. The number of carbonyl (C=O) groups excluding carboxylic acids is 2. The highest BCUT2D eigenvalue weighted by atomic mass is 19.1. The van der Waals surface area contributed by atoms with Crippen LogP contribution in [-0.4, -0.2) is 48.5 Å². The van der Waals surface area contributed by atoms with Crippen LogP contribution >= 0.6 is 0 Å². The first-order valence-corrected chi connectivity index (χ1v) is 7.65. The van der Waals surface area contributed by atoms with Crippen LogP contribution in [0.2, 0.25) is 0 Å². The van der Waals surface area contributed by atoms with E-state index in [0.29, 0.717) is 0 Å². The van der Waals surface area contributed by atoms with Gasteiger partial charge in [0.2, 0.25) is 5.91 Å². The Labute approximate surface area is 138 Å². The number of hydrogen-bond donors (Lipinski definition) is 2. The van der Waals surface area contributed by atoms with E-state index in [-0.39, 0.29) is 36.5 Å². The number of hydrogen-bond acceptors (Lipinski definition) is 4. The number of nitrogens with zero attached hydrogens (tertiary/aromatic N) is 1. The summed E-state index contributed by atoms with van der Waals surface area (Å²) in [6, 6.07) is 0.715. The Morgan fingerprint density at radius 2 is 2.04 bits per heavy atom. The molecular weight excluding hydrogens is 320 g/mol. The molecule has 6 nitrogen and oxygen atoms in total. The molecule has 1 fully saturated rings. The van der Waals surface area contributed by atoms with E-state index in [0.717, 1.165) is 19.2 Å². The molecule has 2 atom stereocenters. The molecule has 1 aliphatic heterocycles. The number of halogens is 2. The standard InChI is InChI=1S/C16H21F2N3O3/c1-8(2)20-15(22)12-6-9(19)7-21(12)16(23)10-4-5-11(17)14(24-3)13(10)18/h4-5,8-9,12H,6-7,19H2,1-3H3,(H,20,22)/t9-,12-/m0/s1. The molecule has 1 heterocycles. The normalized spacial score (nSPS) is 20.4. The van der Waals surface area contributed by atoms with Gasteiger partial charge in [0.15, 0.2) is 17.4 Å². The molecule has 2 rings (SSSR count). The highest BCUT2D eigenvalue weighted by Crippen LogP contribution is 2.27. The maximum Gasteiger partial charge on any atom is 0.257 e. The van der Waals surface area contributed by atoms with E-state index in [1.54, 1.807) is 13.8 Å². The molecule has 0 unspecified atom stereocenters. The molecular formula is C16H21F2N3O3. The van der Waals surface area contributed by atoms with Crippen molar-refractivity contribution >= 4 is 11.8 Å². The fourth-order valence-electron chi connectivity index (χ4n) is 2.76. The molecule has 0 saturated carbocycles. The number of carbonyl (C=O) groups is 2. The zero-order chi connectivity index (χ0) is 18.0. The van der Waals surface area contributed by atoms with Crippen LogP contribution in [0.5, 0.6) is 5.75 Å². The lowest BCUT2D eigenvalue weighted by atomic mass is 10.1. The van der Waals surface area contributed by atoms with Gasteiger partial charge >= 0.3 is 0 Å². The summed E-state index contributed by atoms with van der Waals surface area (Å²) >= 11 is 0. The van der Waals surface area contributed by atoms with Crippen LogP contribution < -0.4 is 15.8 Å². The van der Waals surface area contributed by atoms with Crippen LogP contribution in [0.1, 0.15) is 30.6 Å². The summed E-state index contributed by atoms with van der Waals surface area (Å²) in [5.74, 6) is -3.69. The number of rotatable bonds is 4. The third kappa shape index (κ3) is 3.48. The summed E-state index contributed by atoms with van der Waals surface area (Å²) in [5, 5.41) is 2.72. The average molecular weight is 341 g/mol. The number of nitrogens with two attached hydrogens (primary N) is 1. The third-order valence-corrected chi connectivity index (χ3v) is 3.81. The van der Waals surface area contributed by atoms with Crippen molar-refractivity contribution in [2.75, 3.05) is 13.7 Å². The lowest BCUT2D eigenvalue weighted by Crippen LogP contribution is -2.47. The van der Waals surface area contributed by atoms with E-state index in [1.807, 2.05) is 0 Å². The Morgan fingerprint density at radius 1 is 1.38 bits per heavy atom. The predicted octanol–water partition coefficient (Wildman–Crippen LogP) is 1.04. The minimum absolute atomic E-state index is 0.103. The van der Waals surface area contributed by atoms with Gasteiger partial charge in [0, 0.05) is 18.6 Å². The number of ether oxygens (including phenoxy) is 1. The monoisotopic (exact) mass is 341 g/mol. The van der Waals surface area contributed by atoms with Crippen LogP contribution in [0, 0.1) is 11.6 Å². The molecule has 0 aromatic heterocycles. The van der Waals surface area contributed by atoms with Crippen LogP contribution in [0.25, 0.3) is 0 Å². The molecule has 132 valence electrons. The molecule has 0 spiro atoms. The van der Waals surface area contributed by atoms with Gasteiger partial charge in [-0.15, -0.1) is 0 Å². The molecule has 0 bridgehead atoms. The summed E-state index contributed by atoms with van der Waals surface area (Å²) in [7, 11) is 1.11. The van der Waals surface area contributed by atoms with Gasteiger partial charge in [-0.1, -0.05) is 0 Å². The van der Waals surface area contributed by atoms with Crippen molar-refractivity contribution in [1.82, 2.24) is 10.2 Å². The summed E-state index contributed by atoms with van der Waals surface area (Å²) < 4.78 is 32.5. The van der Waals surface area contributed by atoms with Crippen molar-refractivity contribution in [2.24, 2.45) is 5.73 Å². The maximum absolute atomic E-state index is 14.3. The molecule has 2 amide bonds. The lowest BCUT2D eigenvalue weighted by Gasteiger charge is -2.25. The van der Waals surface area contributed by atoms with E-state index in [2.05, 4.69) is 10.1 Å². The minimum atomic E-state index is -1.09. The number of likely N-dealkylation sites (tertiary alicyclic amines) is 1. The van der Waals surface area contributed by atoms with E-state index >= 15 is 0 Å². The molecule has 1 saturated heterocycles. The Hall–Kier alpha value is -2.22. The van der Waals surface area contributed by atoms with Crippen molar-refractivity contribution in [2.45, 2.75) is 38.4 Å². The maximum atomic E-state index is 14.3. The Bertz CT molecular complexity index is 652. The van der Waals surface area contributed by atoms with Crippen molar-refractivity contribution in [3.05, 3.63) is 29.3 Å². The summed E-state index contributed by atoms with van der Waals surface area (Å²) in [6.45, 7) is 3.71. The van der Waals surface area contributed by atoms with Crippen LogP contribution in [0.3, 0.4) is 0 Å².